The predicted octanol–water partition coefficient (Wildman–Crippen LogP) is 3.05. The Bertz CT molecular complexity index is 526. The van der Waals surface area contributed by atoms with Crippen molar-refractivity contribution in [3.8, 4) is 0 Å². The number of aliphatic hydroxyl groups is 2. The third kappa shape index (κ3) is 14.7. The van der Waals surface area contributed by atoms with Crippen LogP contribution in [0.15, 0.2) is 0 Å². The minimum Gasteiger partial charge on any atom is -0.394 e. The highest BCUT2D eigenvalue weighted by Gasteiger charge is 2.34. The zero-order valence-corrected chi connectivity index (χ0v) is 23.7. The average molecular weight is 537 g/mol. The molecule has 0 aromatic rings. The van der Waals surface area contributed by atoms with Gasteiger partial charge in [-0.2, -0.15) is 0 Å². The van der Waals surface area contributed by atoms with Crippen molar-refractivity contribution in [3.05, 3.63) is 0 Å². The summed E-state index contributed by atoms with van der Waals surface area (Å²) < 4.78 is 39.6. The van der Waals surface area contributed by atoms with Gasteiger partial charge in [-0.05, 0) is 51.1 Å². The van der Waals surface area contributed by atoms with Gasteiger partial charge < -0.3 is 42.7 Å². The van der Waals surface area contributed by atoms with Crippen LogP contribution in [0.1, 0.15) is 57.8 Å². The van der Waals surface area contributed by atoms with Gasteiger partial charge in [0.2, 0.25) is 0 Å². The molecule has 0 radical (unpaired) electrons. The van der Waals surface area contributed by atoms with Gasteiger partial charge in [0.1, 0.15) is 0 Å². The Morgan fingerprint density at radius 1 is 0.722 bits per heavy atom. The van der Waals surface area contributed by atoms with E-state index >= 15 is 0 Å². The van der Waals surface area contributed by atoms with Gasteiger partial charge in [0.25, 0.3) is 0 Å². The molecular weight excluding hydrogens is 484 g/mol. The lowest BCUT2D eigenvalue weighted by Gasteiger charge is -2.36. The second kappa shape index (κ2) is 19.9. The maximum atomic E-state index is 9.73. The molecule has 4 unspecified atom stereocenters. The molecule has 2 saturated carbocycles. The summed E-state index contributed by atoms with van der Waals surface area (Å²) >= 11 is 0. The predicted molar refractivity (Wildman–Crippen MR) is 139 cm³/mol. The molecule has 0 aromatic heterocycles. The average Bonchev–Trinajstić information content (AvgIpc) is 2.86. The van der Waals surface area contributed by atoms with Gasteiger partial charge in [0, 0.05) is 6.61 Å². The normalized spacial score (nSPS) is 30.3. The van der Waals surface area contributed by atoms with Gasteiger partial charge in [0.05, 0.1) is 84.4 Å². The Morgan fingerprint density at radius 2 is 1.33 bits per heavy atom. The first-order valence-corrected chi connectivity index (χ1v) is 16.9. The molecule has 1 aliphatic heterocycles. The molecule has 3 fully saturated rings. The SMILES string of the molecule is C[Si]1(C)OCCOCCOCCOC2CCCCC2O1.OCCOCCOCCC1CCCCC1O. The standard InChI is InChI=1S/C14H28O5Si.C12H24O4/c1-20(2)18-12-10-16-8-7-15-9-11-17-13-5-3-4-6-14(13)19-20;13-6-8-16-10-9-15-7-5-11-3-1-2-4-12(11)14/h13-14H,3-12H2,1-2H3;11-14H,1-10H2. The molecule has 2 aliphatic carbocycles. The highest BCUT2D eigenvalue weighted by Crippen LogP contribution is 2.27. The minimum absolute atomic E-state index is 0.0638. The number of rotatable bonds is 8. The largest absolute Gasteiger partial charge is 0.394 e. The van der Waals surface area contributed by atoms with E-state index in [4.69, 9.17) is 37.6 Å². The molecular formula is C26H52O9Si. The van der Waals surface area contributed by atoms with Crippen molar-refractivity contribution in [1.29, 1.82) is 0 Å². The van der Waals surface area contributed by atoms with Crippen LogP contribution < -0.4 is 0 Å². The molecule has 36 heavy (non-hydrogen) atoms. The molecule has 0 bridgehead atoms. The second-order valence-corrected chi connectivity index (χ2v) is 13.5. The fourth-order valence-electron chi connectivity index (χ4n) is 4.86. The molecule has 214 valence electrons. The van der Waals surface area contributed by atoms with Gasteiger partial charge in [-0.3, -0.25) is 0 Å². The van der Waals surface area contributed by atoms with Crippen molar-refractivity contribution in [2.24, 2.45) is 5.92 Å². The maximum Gasteiger partial charge on any atom is 0.332 e. The second-order valence-electron chi connectivity index (χ2n) is 10.2. The van der Waals surface area contributed by atoms with Crippen LogP contribution in [0.25, 0.3) is 0 Å². The Balaban J connectivity index is 0.000000261. The van der Waals surface area contributed by atoms with Crippen molar-refractivity contribution >= 4 is 8.56 Å². The lowest BCUT2D eigenvalue weighted by atomic mass is 9.85. The summed E-state index contributed by atoms with van der Waals surface area (Å²) in [6.45, 7) is 10.1. The van der Waals surface area contributed by atoms with Gasteiger partial charge in [-0.1, -0.05) is 25.7 Å². The van der Waals surface area contributed by atoms with Crippen molar-refractivity contribution < 1.29 is 42.7 Å². The first-order chi connectivity index (χ1) is 17.5. The lowest BCUT2D eigenvalue weighted by molar-refractivity contribution is -0.0818. The summed E-state index contributed by atoms with van der Waals surface area (Å²) in [7, 11) is -2.09. The summed E-state index contributed by atoms with van der Waals surface area (Å²) in [6, 6.07) is 0. The van der Waals surface area contributed by atoms with Crippen LogP contribution in [0.3, 0.4) is 0 Å². The molecule has 0 aromatic carbocycles. The van der Waals surface area contributed by atoms with Crippen LogP contribution in [0.5, 0.6) is 0 Å². The van der Waals surface area contributed by atoms with Crippen molar-refractivity contribution in [1.82, 2.24) is 0 Å². The number of aliphatic hydroxyl groups excluding tert-OH is 2. The van der Waals surface area contributed by atoms with Crippen molar-refractivity contribution in [2.75, 3.05) is 72.7 Å². The van der Waals surface area contributed by atoms with Crippen LogP contribution in [0.4, 0.5) is 0 Å². The first-order valence-electron chi connectivity index (χ1n) is 14.0. The van der Waals surface area contributed by atoms with Crippen LogP contribution in [0, 0.1) is 5.92 Å². The molecule has 1 saturated heterocycles. The molecule has 1 heterocycles. The molecule has 0 spiro atoms. The molecule has 9 nitrogen and oxygen atoms in total. The van der Waals surface area contributed by atoms with Crippen molar-refractivity contribution in [2.45, 2.75) is 89.2 Å². The smallest absolute Gasteiger partial charge is 0.332 e. The van der Waals surface area contributed by atoms with E-state index in [1.807, 2.05) is 0 Å². The fraction of sp³-hybridized carbons (Fsp3) is 1.00. The summed E-state index contributed by atoms with van der Waals surface area (Å²) in [5.41, 5.74) is 0. The van der Waals surface area contributed by atoms with Gasteiger partial charge in [0.15, 0.2) is 0 Å². The molecule has 4 atom stereocenters. The van der Waals surface area contributed by atoms with Crippen LogP contribution >= 0.6 is 0 Å². The Labute approximate surface area is 219 Å². The van der Waals surface area contributed by atoms with Gasteiger partial charge in [-0.15, -0.1) is 0 Å². The van der Waals surface area contributed by atoms with Crippen LogP contribution in [-0.2, 0) is 32.5 Å². The number of ether oxygens (including phenoxy) is 5. The van der Waals surface area contributed by atoms with Crippen molar-refractivity contribution in [3.63, 3.8) is 0 Å². The Morgan fingerprint density at radius 3 is 2.06 bits per heavy atom. The monoisotopic (exact) mass is 536 g/mol. The minimum atomic E-state index is -2.09. The Kier molecular flexibility index (Phi) is 17.7. The molecule has 2 N–H and O–H groups in total. The fourth-order valence-corrected chi connectivity index (χ4v) is 6.50. The number of hydrogen-bond acceptors (Lipinski definition) is 9. The lowest BCUT2D eigenvalue weighted by Crippen LogP contribution is -2.46. The van der Waals surface area contributed by atoms with E-state index in [-0.39, 0.29) is 24.9 Å². The topological polar surface area (TPSA) is 105 Å². The quantitative estimate of drug-likeness (QED) is 0.358. The van der Waals surface area contributed by atoms with Crippen LogP contribution in [-0.4, -0.2) is 110 Å². The summed E-state index contributed by atoms with van der Waals surface area (Å²) in [5, 5.41) is 18.2. The summed E-state index contributed by atoms with van der Waals surface area (Å²) in [6.07, 6.45) is 10.3. The zero-order chi connectivity index (χ0) is 25.9. The summed E-state index contributed by atoms with van der Waals surface area (Å²) in [4.78, 5) is 0. The molecule has 3 aliphatic rings. The summed E-state index contributed by atoms with van der Waals surface area (Å²) in [5.74, 6) is 0.423. The Hall–Kier alpha value is -0.143. The molecule has 0 amide bonds. The van der Waals surface area contributed by atoms with Gasteiger partial charge >= 0.3 is 8.56 Å². The number of fused-ring (bicyclic) bond motifs is 1. The van der Waals surface area contributed by atoms with E-state index in [0.29, 0.717) is 72.0 Å². The van der Waals surface area contributed by atoms with E-state index < -0.39 is 8.56 Å². The van der Waals surface area contributed by atoms with E-state index in [9.17, 15) is 5.11 Å². The van der Waals surface area contributed by atoms with Crippen LogP contribution in [0.2, 0.25) is 13.1 Å². The third-order valence-electron chi connectivity index (χ3n) is 6.80. The third-order valence-corrected chi connectivity index (χ3v) is 8.57. The highest BCUT2D eigenvalue weighted by molar-refractivity contribution is 6.64. The van der Waals surface area contributed by atoms with E-state index in [1.54, 1.807) is 0 Å². The number of hydrogen-bond donors (Lipinski definition) is 2. The molecule has 3 rings (SSSR count). The zero-order valence-electron chi connectivity index (χ0n) is 22.7. The van der Waals surface area contributed by atoms with E-state index in [1.165, 1.54) is 19.3 Å². The maximum absolute atomic E-state index is 9.73. The van der Waals surface area contributed by atoms with E-state index in [2.05, 4.69) is 13.1 Å². The first kappa shape index (κ1) is 32.1. The molecule has 10 heteroatoms. The van der Waals surface area contributed by atoms with Gasteiger partial charge in [-0.25, -0.2) is 0 Å². The highest BCUT2D eigenvalue weighted by atomic mass is 28.4. The van der Waals surface area contributed by atoms with E-state index in [0.717, 1.165) is 38.5 Å².